The van der Waals surface area contributed by atoms with Gasteiger partial charge in [0.05, 0.1) is 24.4 Å². The minimum Gasteiger partial charge on any atom is -0.465 e. The van der Waals surface area contributed by atoms with Gasteiger partial charge in [0.2, 0.25) is 0 Å². The van der Waals surface area contributed by atoms with Gasteiger partial charge in [-0.2, -0.15) is 0 Å². The number of esters is 1. The highest BCUT2D eigenvalue weighted by molar-refractivity contribution is 7.99. The second-order valence-corrected chi connectivity index (χ2v) is 9.55. The van der Waals surface area contributed by atoms with Crippen LogP contribution in [0.5, 0.6) is 0 Å². The number of carbonyl (C=O) groups is 1. The zero-order valence-electron chi connectivity index (χ0n) is 19.3. The van der Waals surface area contributed by atoms with Gasteiger partial charge in [0.25, 0.3) is 0 Å². The van der Waals surface area contributed by atoms with Crippen LogP contribution in [0.15, 0.2) is 101 Å². The summed E-state index contributed by atoms with van der Waals surface area (Å²) in [5.74, 6) is -0.265. The zero-order chi connectivity index (χ0) is 23.3. The molecule has 0 saturated carbocycles. The molecule has 3 aromatic carbocycles. The Labute approximate surface area is 205 Å². The zero-order valence-corrected chi connectivity index (χ0v) is 20.1. The molecule has 0 fully saturated rings. The van der Waals surface area contributed by atoms with Crippen LogP contribution in [0.25, 0.3) is 11.1 Å². The van der Waals surface area contributed by atoms with Gasteiger partial charge in [-0.15, -0.1) is 0 Å². The number of hydrogen-bond acceptors (Lipinski definition) is 4. The summed E-state index contributed by atoms with van der Waals surface area (Å²) in [5, 5.41) is 1.09. The molecule has 0 radical (unpaired) electrons. The largest absolute Gasteiger partial charge is 0.465 e. The molecule has 0 saturated heterocycles. The van der Waals surface area contributed by atoms with E-state index in [1.807, 2.05) is 24.3 Å². The van der Waals surface area contributed by atoms with Crippen LogP contribution in [0.2, 0.25) is 0 Å². The molecular formula is C29H28N2O2S. The Morgan fingerprint density at radius 3 is 2.24 bits per heavy atom. The highest BCUT2D eigenvalue weighted by Gasteiger charge is 2.31. The molecular weight excluding hydrogens is 440 g/mol. The minimum absolute atomic E-state index is 0.265. The van der Waals surface area contributed by atoms with Crippen molar-refractivity contribution in [3.63, 3.8) is 0 Å². The summed E-state index contributed by atoms with van der Waals surface area (Å²) in [7, 11) is 1.48. The van der Waals surface area contributed by atoms with Crippen molar-refractivity contribution in [3.8, 4) is 11.1 Å². The van der Waals surface area contributed by atoms with E-state index < -0.39 is 0 Å². The lowest BCUT2D eigenvalue weighted by molar-refractivity contribution is 0.0600. The molecule has 0 bridgehead atoms. The summed E-state index contributed by atoms with van der Waals surface area (Å²) in [6.07, 6.45) is 1.83. The first-order valence-electron chi connectivity index (χ1n) is 11.6. The summed E-state index contributed by atoms with van der Waals surface area (Å²) in [6, 6.07) is 31.2. The smallest absolute Gasteiger partial charge is 0.340 e. The van der Waals surface area contributed by atoms with E-state index in [0.717, 1.165) is 59.3 Å². The third-order valence-electron chi connectivity index (χ3n) is 6.21. The monoisotopic (exact) mass is 468 g/mol. The highest BCUT2D eigenvalue weighted by atomic mass is 32.2. The van der Waals surface area contributed by atoms with E-state index in [0.29, 0.717) is 5.56 Å². The Kier molecular flexibility index (Phi) is 6.84. The number of rotatable bonds is 6. The first-order valence-corrected chi connectivity index (χ1v) is 12.4. The molecule has 1 aliphatic heterocycles. The van der Waals surface area contributed by atoms with Gasteiger partial charge < -0.3 is 9.30 Å². The van der Waals surface area contributed by atoms with Crippen LogP contribution in [0.3, 0.4) is 0 Å². The van der Waals surface area contributed by atoms with Crippen LogP contribution in [0.4, 0.5) is 0 Å². The van der Waals surface area contributed by atoms with Crippen LogP contribution in [-0.2, 0) is 24.4 Å². The third kappa shape index (κ3) is 4.67. The van der Waals surface area contributed by atoms with Gasteiger partial charge in [-0.25, -0.2) is 4.79 Å². The predicted octanol–water partition coefficient (Wildman–Crippen LogP) is 6.50. The van der Waals surface area contributed by atoms with E-state index in [1.54, 1.807) is 11.8 Å². The molecule has 1 aliphatic rings. The summed E-state index contributed by atoms with van der Waals surface area (Å²) in [5.41, 5.74) is 5.08. The molecule has 0 spiro atoms. The number of aromatic nitrogens is 1. The first-order chi connectivity index (χ1) is 16.7. The molecule has 172 valence electrons. The molecule has 4 aromatic rings. The summed E-state index contributed by atoms with van der Waals surface area (Å²) in [6.45, 7) is 2.59. The van der Waals surface area contributed by atoms with Crippen molar-refractivity contribution >= 4 is 17.7 Å². The Bertz CT molecular complexity index is 1250. The molecule has 4 nitrogen and oxygen atoms in total. The van der Waals surface area contributed by atoms with Gasteiger partial charge in [0, 0.05) is 29.2 Å². The van der Waals surface area contributed by atoms with Gasteiger partial charge in [-0.05, 0) is 36.1 Å². The number of carbonyl (C=O) groups excluding carboxylic acids is 1. The average Bonchev–Trinajstić information content (AvgIpc) is 3.03. The summed E-state index contributed by atoms with van der Waals surface area (Å²) >= 11 is 1.72. The fourth-order valence-corrected chi connectivity index (χ4v) is 5.78. The highest BCUT2D eigenvalue weighted by Crippen LogP contribution is 2.43. The molecule has 5 heteroatoms. The van der Waals surface area contributed by atoms with Crippen molar-refractivity contribution in [1.29, 1.82) is 0 Å². The van der Waals surface area contributed by atoms with Crippen LogP contribution < -0.4 is 0 Å². The summed E-state index contributed by atoms with van der Waals surface area (Å²) in [4.78, 5) is 16.8. The molecule has 34 heavy (non-hydrogen) atoms. The Morgan fingerprint density at radius 2 is 1.56 bits per heavy atom. The van der Waals surface area contributed by atoms with Crippen molar-refractivity contribution in [2.75, 3.05) is 13.7 Å². The summed E-state index contributed by atoms with van der Waals surface area (Å²) < 4.78 is 7.67. The number of hydrogen-bond donors (Lipinski definition) is 0. The lowest BCUT2D eigenvalue weighted by Gasteiger charge is -2.23. The lowest BCUT2D eigenvalue weighted by Crippen LogP contribution is -2.26. The van der Waals surface area contributed by atoms with E-state index >= 15 is 0 Å². The number of ether oxygens (including phenoxy) is 1. The van der Waals surface area contributed by atoms with E-state index in [2.05, 4.69) is 76.2 Å². The van der Waals surface area contributed by atoms with Gasteiger partial charge in [-0.3, -0.25) is 4.90 Å². The van der Waals surface area contributed by atoms with Crippen molar-refractivity contribution in [3.05, 3.63) is 108 Å². The van der Waals surface area contributed by atoms with E-state index in [4.69, 9.17) is 4.74 Å². The normalized spacial score (nSPS) is 13.8. The quantitative estimate of drug-likeness (QED) is 0.303. The molecule has 1 aromatic heterocycles. The van der Waals surface area contributed by atoms with Crippen molar-refractivity contribution in [2.24, 2.45) is 0 Å². The molecule has 2 heterocycles. The van der Waals surface area contributed by atoms with Crippen LogP contribution in [0.1, 0.15) is 28.0 Å². The maximum absolute atomic E-state index is 13.2. The predicted molar refractivity (Wildman–Crippen MR) is 137 cm³/mol. The first kappa shape index (κ1) is 22.5. The van der Waals surface area contributed by atoms with Crippen LogP contribution in [-0.4, -0.2) is 29.1 Å². The number of benzene rings is 3. The van der Waals surface area contributed by atoms with Gasteiger partial charge in [0.15, 0.2) is 0 Å². The van der Waals surface area contributed by atoms with Gasteiger partial charge in [-0.1, -0.05) is 90.6 Å². The molecule has 0 unspecified atom stereocenters. The number of nitrogens with zero attached hydrogens (tertiary/aromatic N) is 2. The van der Waals surface area contributed by atoms with E-state index in [1.165, 1.54) is 12.7 Å². The molecule has 0 amide bonds. The minimum atomic E-state index is -0.265. The third-order valence-corrected chi connectivity index (χ3v) is 7.34. The standard InChI is InChI=1S/C29H28N2O2S/c1-33-29(32)27-25-18-11-19-30(20-22-12-5-2-6-13-22)21-31(25)28(34-24-16-9-4-10-17-24)26(27)23-14-7-3-8-15-23/h2-10,12-17H,11,18-21H2,1H3. The fraction of sp³-hybridized carbons (Fsp3) is 0.207. The van der Waals surface area contributed by atoms with Gasteiger partial charge in [0.1, 0.15) is 0 Å². The maximum atomic E-state index is 13.2. The molecule has 0 atom stereocenters. The SMILES string of the molecule is COC(=O)c1c(-c2ccccc2)c(Sc2ccccc2)n2c1CCCN(Cc1ccccc1)C2. The second-order valence-electron chi connectivity index (χ2n) is 8.49. The Morgan fingerprint density at radius 1 is 0.912 bits per heavy atom. The number of fused-ring (bicyclic) bond motifs is 1. The van der Waals surface area contributed by atoms with E-state index in [-0.39, 0.29) is 5.97 Å². The molecule has 0 aliphatic carbocycles. The fourth-order valence-electron chi connectivity index (χ4n) is 4.67. The van der Waals surface area contributed by atoms with Crippen LogP contribution >= 0.6 is 11.8 Å². The Balaban J connectivity index is 1.66. The molecule has 0 N–H and O–H groups in total. The maximum Gasteiger partial charge on any atom is 0.340 e. The molecule has 5 rings (SSSR count). The van der Waals surface area contributed by atoms with Crippen LogP contribution in [0, 0.1) is 0 Å². The topological polar surface area (TPSA) is 34.5 Å². The number of methoxy groups -OCH3 is 1. The van der Waals surface area contributed by atoms with Gasteiger partial charge >= 0.3 is 5.97 Å². The average molecular weight is 469 g/mol. The second kappa shape index (κ2) is 10.3. The lowest BCUT2D eigenvalue weighted by atomic mass is 10.0. The van der Waals surface area contributed by atoms with E-state index in [9.17, 15) is 4.79 Å². The van der Waals surface area contributed by atoms with Crippen molar-refractivity contribution in [2.45, 2.75) is 36.0 Å². The van der Waals surface area contributed by atoms with Crippen molar-refractivity contribution < 1.29 is 9.53 Å². The van der Waals surface area contributed by atoms with Crippen molar-refractivity contribution in [1.82, 2.24) is 9.47 Å². The Hall–Kier alpha value is -3.28.